The van der Waals surface area contributed by atoms with Crippen molar-refractivity contribution in [1.29, 1.82) is 0 Å². The van der Waals surface area contributed by atoms with Crippen molar-refractivity contribution in [3.8, 4) is 0 Å². The van der Waals surface area contributed by atoms with Gasteiger partial charge in [0.15, 0.2) is 0 Å². The molecule has 0 heterocycles. The second kappa shape index (κ2) is 5.19. The van der Waals surface area contributed by atoms with Gasteiger partial charge in [0.1, 0.15) is 0 Å². The summed E-state index contributed by atoms with van der Waals surface area (Å²) in [6, 6.07) is 0. The largest absolute Gasteiger partial charge is 0.0649 e. The van der Waals surface area contributed by atoms with E-state index in [-0.39, 0.29) is 0 Å². The van der Waals surface area contributed by atoms with Gasteiger partial charge in [0.2, 0.25) is 0 Å². The predicted octanol–water partition coefficient (Wildman–Crippen LogP) is 5.28. The Morgan fingerprint density at radius 1 is 1.00 bits per heavy atom. The van der Waals surface area contributed by atoms with E-state index in [1.54, 1.807) is 0 Å². The molecule has 0 N–H and O–H groups in total. The van der Waals surface area contributed by atoms with Crippen LogP contribution in [0.1, 0.15) is 74.1 Å². The molecule has 14 heavy (non-hydrogen) atoms. The van der Waals surface area contributed by atoms with Crippen LogP contribution in [-0.4, -0.2) is 0 Å². The number of hydrogen-bond acceptors (Lipinski definition) is 0. The monoisotopic (exact) mass is 198 g/mol. The lowest BCUT2D eigenvalue weighted by atomic mass is 9.78. The quantitative estimate of drug-likeness (QED) is 0.564. The molecule has 0 saturated heterocycles. The van der Waals surface area contributed by atoms with Gasteiger partial charge in [-0.2, -0.15) is 0 Å². The first kappa shape index (κ1) is 14.0. The summed E-state index contributed by atoms with van der Waals surface area (Å²) in [5.74, 6) is 0.876. The maximum Gasteiger partial charge on any atom is -0.0357 e. The Hall–Kier alpha value is 0. The van der Waals surface area contributed by atoms with Crippen LogP contribution in [0.3, 0.4) is 0 Å². The molecule has 0 aliphatic rings. The molecule has 0 aromatic heterocycles. The number of hydrogen-bond donors (Lipinski definition) is 0. The standard InChI is InChI=1S/C14H30/c1-8-14(6,7)10-9-12(2)11-13(3,4)5/h12H,8-11H2,1-7H3. The molecule has 1 unspecified atom stereocenters. The molecule has 86 valence electrons. The molecule has 0 aliphatic carbocycles. The molecule has 1 atom stereocenters. The Balaban J connectivity index is 3.80. The van der Waals surface area contributed by atoms with Crippen LogP contribution in [-0.2, 0) is 0 Å². The summed E-state index contributed by atoms with van der Waals surface area (Å²) >= 11 is 0. The molecule has 0 aromatic carbocycles. The van der Waals surface area contributed by atoms with Crippen molar-refractivity contribution >= 4 is 0 Å². The lowest BCUT2D eigenvalue weighted by Crippen LogP contribution is -2.15. The van der Waals surface area contributed by atoms with Crippen LogP contribution in [0, 0.1) is 16.7 Å². The maximum atomic E-state index is 2.40. The average molecular weight is 198 g/mol. The first-order valence-corrected chi connectivity index (χ1v) is 6.16. The van der Waals surface area contributed by atoms with E-state index in [1.165, 1.54) is 25.7 Å². The summed E-state index contributed by atoms with van der Waals surface area (Å²) in [6.07, 6.45) is 5.42. The molecule has 0 bridgehead atoms. The zero-order chi connectivity index (χ0) is 11.4. The first-order chi connectivity index (χ1) is 6.16. The van der Waals surface area contributed by atoms with Crippen molar-refractivity contribution in [2.45, 2.75) is 74.1 Å². The topological polar surface area (TPSA) is 0 Å². The third-order valence-electron chi connectivity index (χ3n) is 3.23. The van der Waals surface area contributed by atoms with Gasteiger partial charge in [0, 0.05) is 0 Å². The van der Waals surface area contributed by atoms with E-state index in [2.05, 4.69) is 48.5 Å². The van der Waals surface area contributed by atoms with E-state index in [4.69, 9.17) is 0 Å². The van der Waals surface area contributed by atoms with E-state index >= 15 is 0 Å². The van der Waals surface area contributed by atoms with Crippen molar-refractivity contribution in [1.82, 2.24) is 0 Å². The fraction of sp³-hybridized carbons (Fsp3) is 1.00. The summed E-state index contributed by atoms with van der Waals surface area (Å²) in [5, 5.41) is 0. The summed E-state index contributed by atoms with van der Waals surface area (Å²) in [5.41, 5.74) is 1.04. The van der Waals surface area contributed by atoms with Gasteiger partial charge in [-0.1, -0.05) is 61.3 Å². The molecule has 0 rings (SSSR count). The normalized spacial score (nSPS) is 15.6. The van der Waals surface area contributed by atoms with Crippen LogP contribution >= 0.6 is 0 Å². The first-order valence-electron chi connectivity index (χ1n) is 6.16. The van der Waals surface area contributed by atoms with Gasteiger partial charge in [-0.25, -0.2) is 0 Å². The maximum absolute atomic E-state index is 2.40. The SMILES string of the molecule is CCC(C)(C)CCC(C)CC(C)(C)C. The Morgan fingerprint density at radius 3 is 1.86 bits per heavy atom. The molecule has 0 amide bonds. The van der Waals surface area contributed by atoms with Gasteiger partial charge < -0.3 is 0 Å². The van der Waals surface area contributed by atoms with Crippen LogP contribution in [0.25, 0.3) is 0 Å². The minimum absolute atomic E-state index is 0.496. The zero-order valence-corrected chi connectivity index (χ0v) is 11.4. The van der Waals surface area contributed by atoms with Gasteiger partial charge >= 0.3 is 0 Å². The highest BCUT2D eigenvalue weighted by Crippen LogP contribution is 2.32. The molecule has 0 radical (unpaired) electrons. The van der Waals surface area contributed by atoms with Gasteiger partial charge in [0.05, 0.1) is 0 Å². The van der Waals surface area contributed by atoms with Crippen molar-refractivity contribution < 1.29 is 0 Å². The van der Waals surface area contributed by atoms with E-state index in [0.29, 0.717) is 10.8 Å². The van der Waals surface area contributed by atoms with Crippen LogP contribution in [0.4, 0.5) is 0 Å². The van der Waals surface area contributed by atoms with E-state index in [1.807, 2.05) is 0 Å². The van der Waals surface area contributed by atoms with Crippen LogP contribution < -0.4 is 0 Å². The van der Waals surface area contributed by atoms with Gasteiger partial charge in [-0.05, 0) is 29.6 Å². The fourth-order valence-electron chi connectivity index (χ4n) is 1.96. The van der Waals surface area contributed by atoms with Crippen molar-refractivity contribution in [3.63, 3.8) is 0 Å². The fourth-order valence-corrected chi connectivity index (χ4v) is 1.96. The minimum atomic E-state index is 0.496. The highest BCUT2D eigenvalue weighted by molar-refractivity contribution is 4.71. The Morgan fingerprint density at radius 2 is 1.50 bits per heavy atom. The molecule has 0 nitrogen and oxygen atoms in total. The van der Waals surface area contributed by atoms with E-state index in [9.17, 15) is 0 Å². The van der Waals surface area contributed by atoms with E-state index < -0.39 is 0 Å². The highest BCUT2D eigenvalue weighted by Gasteiger charge is 2.19. The smallest absolute Gasteiger partial charge is 0.0357 e. The lowest BCUT2D eigenvalue weighted by Gasteiger charge is -2.27. The van der Waals surface area contributed by atoms with Gasteiger partial charge in [0.25, 0.3) is 0 Å². The summed E-state index contributed by atoms with van der Waals surface area (Å²) < 4.78 is 0. The zero-order valence-electron chi connectivity index (χ0n) is 11.4. The Bertz CT molecular complexity index is 148. The molecular formula is C14H30. The highest BCUT2D eigenvalue weighted by atomic mass is 14.2. The summed E-state index contributed by atoms with van der Waals surface area (Å²) in [7, 11) is 0. The molecule has 0 saturated carbocycles. The van der Waals surface area contributed by atoms with Gasteiger partial charge in [-0.15, -0.1) is 0 Å². The number of rotatable bonds is 5. The average Bonchev–Trinajstić information content (AvgIpc) is 1.98. The molecular weight excluding hydrogens is 168 g/mol. The van der Waals surface area contributed by atoms with Crippen LogP contribution in [0.5, 0.6) is 0 Å². The Labute approximate surface area is 91.5 Å². The van der Waals surface area contributed by atoms with Crippen LogP contribution in [0.15, 0.2) is 0 Å². The second-order valence-electron chi connectivity index (χ2n) is 6.93. The Kier molecular flexibility index (Phi) is 5.19. The predicted molar refractivity (Wildman–Crippen MR) is 66.5 cm³/mol. The van der Waals surface area contributed by atoms with Gasteiger partial charge in [-0.3, -0.25) is 0 Å². The molecule has 0 heteroatoms. The third kappa shape index (κ3) is 7.41. The van der Waals surface area contributed by atoms with Crippen molar-refractivity contribution in [2.75, 3.05) is 0 Å². The van der Waals surface area contributed by atoms with E-state index in [0.717, 1.165) is 5.92 Å². The molecule has 0 aliphatic heterocycles. The molecule has 0 spiro atoms. The third-order valence-corrected chi connectivity index (χ3v) is 3.23. The minimum Gasteiger partial charge on any atom is -0.0649 e. The molecule has 0 aromatic rings. The summed E-state index contributed by atoms with van der Waals surface area (Å²) in [4.78, 5) is 0. The van der Waals surface area contributed by atoms with Crippen molar-refractivity contribution in [2.24, 2.45) is 16.7 Å². The van der Waals surface area contributed by atoms with Crippen LogP contribution in [0.2, 0.25) is 0 Å². The second-order valence-corrected chi connectivity index (χ2v) is 6.93. The molecule has 0 fully saturated rings. The lowest BCUT2D eigenvalue weighted by molar-refractivity contribution is 0.244. The van der Waals surface area contributed by atoms with Crippen molar-refractivity contribution in [3.05, 3.63) is 0 Å². The summed E-state index contributed by atoms with van der Waals surface area (Å²) in [6.45, 7) is 16.5.